The van der Waals surface area contributed by atoms with Crippen LogP contribution in [0.3, 0.4) is 0 Å². The van der Waals surface area contributed by atoms with Crippen LogP contribution in [0.1, 0.15) is 34.6 Å². The predicted molar refractivity (Wildman–Crippen MR) is 52.3 cm³/mol. The molecule has 1 atom stereocenters. The highest BCUT2D eigenvalue weighted by Crippen LogP contribution is 2.04. The number of carbonyl (C=O) groups excluding carboxylic acids is 2. The Morgan fingerprint density at radius 1 is 1.08 bits per heavy atom. The average Bonchev–Trinajstić information content (AvgIpc) is 1.97. The summed E-state index contributed by atoms with van der Waals surface area (Å²) in [4.78, 5) is 22.4. The summed E-state index contributed by atoms with van der Waals surface area (Å²) >= 11 is 0. The molecule has 0 heterocycles. The number of nitrogens with one attached hydrogen (secondary N) is 1. The van der Waals surface area contributed by atoms with Crippen molar-refractivity contribution < 1.29 is 9.59 Å². The van der Waals surface area contributed by atoms with Crippen molar-refractivity contribution in [3.63, 3.8) is 0 Å². The van der Waals surface area contributed by atoms with Crippen molar-refractivity contribution in [1.29, 1.82) is 0 Å². The van der Waals surface area contributed by atoms with Crippen LogP contribution >= 0.6 is 0 Å². The van der Waals surface area contributed by atoms with Crippen molar-refractivity contribution in [2.75, 3.05) is 0 Å². The minimum Gasteiger partial charge on any atom is -0.346 e. The minimum atomic E-state index is -0.338. The van der Waals surface area contributed by atoms with E-state index in [0.29, 0.717) is 0 Å². The molecule has 0 aliphatic rings. The van der Waals surface area contributed by atoms with Gasteiger partial charge in [0.2, 0.25) is 5.91 Å². The fraction of sp³-hybridized carbons (Fsp3) is 0.800. The van der Waals surface area contributed by atoms with Crippen LogP contribution in [0.2, 0.25) is 0 Å². The molecule has 0 fully saturated rings. The zero-order valence-electron chi connectivity index (χ0n) is 9.05. The Balaban J connectivity index is 4.27. The van der Waals surface area contributed by atoms with Crippen LogP contribution in [-0.2, 0) is 9.59 Å². The molecule has 76 valence electrons. The molecule has 0 saturated carbocycles. The molecular formula is C10H19NO2. The molecular weight excluding hydrogens is 166 g/mol. The maximum Gasteiger partial charge on any atom is 0.223 e. The molecule has 3 nitrogen and oxygen atoms in total. The van der Waals surface area contributed by atoms with Gasteiger partial charge in [0, 0.05) is 5.92 Å². The van der Waals surface area contributed by atoms with Gasteiger partial charge >= 0.3 is 0 Å². The second-order valence-electron chi connectivity index (χ2n) is 4.00. The van der Waals surface area contributed by atoms with Crippen LogP contribution in [0.5, 0.6) is 0 Å². The van der Waals surface area contributed by atoms with E-state index in [9.17, 15) is 9.59 Å². The molecule has 0 aromatic heterocycles. The molecule has 1 N–H and O–H groups in total. The van der Waals surface area contributed by atoms with Crippen LogP contribution in [0, 0.1) is 11.8 Å². The molecule has 3 heteroatoms. The van der Waals surface area contributed by atoms with Gasteiger partial charge in [0.25, 0.3) is 0 Å². The summed E-state index contributed by atoms with van der Waals surface area (Å²) < 4.78 is 0. The monoisotopic (exact) mass is 185 g/mol. The average molecular weight is 185 g/mol. The highest BCUT2D eigenvalue weighted by Gasteiger charge is 2.21. The summed E-state index contributed by atoms with van der Waals surface area (Å²) in [5.74, 6) is 0.0405. The van der Waals surface area contributed by atoms with Gasteiger partial charge in [-0.2, -0.15) is 0 Å². The molecule has 0 saturated heterocycles. The van der Waals surface area contributed by atoms with E-state index >= 15 is 0 Å². The topological polar surface area (TPSA) is 46.2 Å². The van der Waals surface area contributed by atoms with Crippen molar-refractivity contribution in [1.82, 2.24) is 5.32 Å². The van der Waals surface area contributed by atoms with Gasteiger partial charge in [0.15, 0.2) is 5.78 Å². The number of rotatable bonds is 4. The molecule has 0 aromatic rings. The standard InChI is InChI=1S/C10H19NO2/c1-6(2)9(8(5)12)11-10(13)7(3)4/h6-7,9H,1-5H3,(H,11,13)/t9-/m0/s1. The van der Waals surface area contributed by atoms with Crippen LogP contribution in [0.25, 0.3) is 0 Å². The SMILES string of the molecule is CC(=O)[C@@H](NC(=O)C(C)C)C(C)C. The number of carbonyl (C=O) groups is 2. The first-order valence-corrected chi connectivity index (χ1v) is 4.67. The Labute approximate surface area is 79.9 Å². The normalized spacial score (nSPS) is 13.2. The van der Waals surface area contributed by atoms with E-state index in [1.165, 1.54) is 6.92 Å². The lowest BCUT2D eigenvalue weighted by molar-refractivity contribution is -0.129. The molecule has 1 amide bonds. The smallest absolute Gasteiger partial charge is 0.223 e. The Bertz CT molecular complexity index is 197. The van der Waals surface area contributed by atoms with Gasteiger partial charge in [0.1, 0.15) is 0 Å². The first kappa shape index (κ1) is 12.1. The number of amides is 1. The van der Waals surface area contributed by atoms with Crippen LogP contribution in [-0.4, -0.2) is 17.7 Å². The van der Waals surface area contributed by atoms with E-state index in [1.54, 1.807) is 0 Å². The third-order valence-electron chi connectivity index (χ3n) is 1.93. The lowest BCUT2D eigenvalue weighted by Gasteiger charge is -2.20. The lowest BCUT2D eigenvalue weighted by atomic mass is 10.00. The summed E-state index contributed by atoms with van der Waals surface area (Å²) in [6, 6.07) is -0.338. The highest BCUT2D eigenvalue weighted by atomic mass is 16.2. The number of hydrogen-bond acceptors (Lipinski definition) is 2. The molecule has 0 bridgehead atoms. The largest absolute Gasteiger partial charge is 0.346 e. The van der Waals surface area contributed by atoms with Gasteiger partial charge in [0.05, 0.1) is 6.04 Å². The highest BCUT2D eigenvalue weighted by molar-refractivity contribution is 5.88. The zero-order valence-corrected chi connectivity index (χ0v) is 9.05. The van der Waals surface area contributed by atoms with Gasteiger partial charge in [-0.15, -0.1) is 0 Å². The quantitative estimate of drug-likeness (QED) is 0.719. The van der Waals surface area contributed by atoms with Crippen molar-refractivity contribution in [2.24, 2.45) is 11.8 Å². The van der Waals surface area contributed by atoms with E-state index < -0.39 is 0 Å². The van der Waals surface area contributed by atoms with Crippen molar-refractivity contribution in [3.8, 4) is 0 Å². The van der Waals surface area contributed by atoms with Crippen LogP contribution in [0.4, 0.5) is 0 Å². The third-order valence-corrected chi connectivity index (χ3v) is 1.93. The first-order valence-electron chi connectivity index (χ1n) is 4.67. The first-order chi connectivity index (χ1) is 5.86. The number of hydrogen-bond donors (Lipinski definition) is 1. The van der Waals surface area contributed by atoms with Crippen molar-refractivity contribution >= 4 is 11.7 Å². The van der Waals surface area contributed by atoms with Gasteiger partial charge in [-0.1, -0.05) is 27.7 Å². The maximum absolute atomic E-state index is 11.3. The summed E-state index contributed by atoms with van der Waals surface area (Å²) in [5.41, 5.74) is 0. The van der Waals surface area contributed by atoms with E-state index in [1.807, 2.05) is 27.7 Å². The zero-order chi connectivity index (χ0) is 10.6. The molecule has 0 spiro atoms. The Kier molecular flexibility index (Phi) is 4.67. The summed E-state index contributed by atoms with van der Waals surface area (Å²) in [5, 5.41) is 2.73. The molecule has 0 aliphatic carbocycles. The Morgan fingerprint density at radius 3 is 1.77 bits per heavy atom. The summed E-state index contributed by atoms with van der Waals surface area (Å²) in [7, 11) is 0. The van der Waals surface area contributed by atoms with Crippen LogP contribution in [0.15, 0.2) is 0 Å². The fourth-order valence-electron chi connectivity index (χ4n) is 1.06. The maximum atomic E-state index is 11.3. The minimum absolute atomic E-state index is 0.0176. The molecule has 0 aliphatic heterocycles. The molecule has 0 aromatic carbocycles. The molecule has 0 rings (SSSR count). The molecule has 0 unspecified atom stereocenters. The van der Waals surface area contributed by atoms with Gasteiger partial charge in [-0.05, 0) is 12.8 Å². The third kappa shape index (κ3) is 4.06. The molecule has 0 radical (unpaired) electrons. The summed E-state index contributed by atoms with van der Waals surface area (Å²) in [6.45, 7) is 8.98. The molecule has 13 heavy (non-hydrogen) atoms. The Hall–Kier alpha value is -0.860. The van der Waals surface area contributed by atoms with Crippen LogP contribution < -0.4 is 5.32 Å². The van der Waals surface area contributed by atoms with Crippen molar-refractivity contribution in [3.05, 3.63) is 0 Å². The number of Topliss-reactive ketones (excluding diaryl/α,β-unsaturated/α-hetero) is 1. The lowest BCUT2D eigenvalue weighted by Crippen LogP contribution is -2.44. The summed E-state index contributed by atoms with van der Waals surface area (Å²) in [6.07, 6.45) is 0. The predicted octanol–water partition coefficient (Wildman–Crippen LogP) is 1.37. The van der Waals surface area contributed by atoms with E-state index in [2.05, 4.69) is 5.32 Å². The van der Waals surface area contributed by atoms with E-state index in [4.69, 9.17) is 0 Å². The fourth-order valence-corrected chi connectivity index (χ4v) is 1.06. The van der Waals surface area contributed by atoms with Gasteiger partial charge in [-0.25, -0.2) is 0 Å². The van der Waals surface area contributed by atoms with E-state index in [-0.39, 0.29) is 29.6 Å². The Morgan fingerprint density at radius 2 is 1.54 bits per heavy atom. The van der Waals surface area contributed by atoms with E-state index in [0.717, 1.165) is 0 Å². The van der Waals surface area contributed by atoms with Crippen molar-refractivity contribution in [2.45, 2.75) is 40.7 Å². The second-order valence-corrected chi connectivity index (χ2v) is 4.00. The van der Waals surface area contributed by atoms with Gasteiger partial charge < -0.3 is 5.32 Å². The second kappa shape index (κ2) is 5.00. The van der Waals surface area contributed by atoms with Gasteiger partial charge in [-0.3, -0.25) is 9.59 Å². The number of ketones is 1.